The van der Waals surface area contributed by atoms with E-state index in [1.165, 1.54) is 0 Å². The third kappa shape index (κ3) is 20.4. The largest absolute Gasteiger partial charge is 0.492 e. The van der Waals surface area contributed by atoms with Gasteiger partial charge in [-0.25, -0.2) is 0 Å². The zero-order valence-corrected chi connectivity index (χ0v) is 36.7. The van der Waals surface area contributed by atoms with Gasteiger partial charge in [0.2, 0.25) is 0 Å². The van der Waals surface area contributed by atoms with Crippen LogP contribution in [0.3, 0.4) is 0 Å². The molecule has 0 aromatic carbocycles. The first-order chi connectivity index (χ1) is 27.9. The molecule has 4 N–H and O–H groups in total. The second-order valence-electron chi connectivity index (χ2n) is 17.2. The average Bonchev–Trinajstić information content (AvgIpc) is 3.12. The van der Waals surface area contributed by atoms with Crippen molar-refractivity contribution in [2.45, 2.75) is 163 Å². The maximum atomic E-state index is 12.7. The van der Waals surface area contributed by atoms with Crippen LogP contribution >= 0.6 is 0 Å². The zero-order valence-electron chi connectivity index (χ0n) is 36.7. The number of carboxylic acid groups (broad SMARTS) is 4. The number of ether oxygens (including phenoxy) is 3. The van der Waals surface area contributed by atoms with E-state index in [1.807, 2.05) is 71.1 Å². The van der Waals surface area contributed by atoms with Gasteiger partial charge < -0.3 is 34.6 Å². The fourth-order valence-corrected chi connectivity index (χ4v) is 7.29. The number of hydrogen-bond donors (Lipinski definition) is 4. The van der Waals surface area contributed by atoms with Crippen molar-refractivity contribution in [3.05, 3.63) is 73.5 Å². The van der Waals surface area contributed by atoms with Crippen LogP contribution in [0.25, 0.3) is 0 Å². The van der Waals surface area contributed by atoms with Crippen molar-refractivity contribution in [1.29, 1.82) is 0 Å². The molecule has 0 saturated carbocycles. The van der Waals surface area contributed by atoms with Gasteiger partial charge in [-0.1, -0.05) is 51.8 Å². The number of Topliss-reactive ketones (excluding diaryl/α,β-unsaturated/α-hetero) is 2. The lowest BCUT2D eigenvalue weighted by atomic mass is 9.73. The summed E-state index contributed by atoms with van der Waals surface area (Å²) in [4.78, 5) is 68.7. The summed E-state index contributed by atoms with van der Waals surface area (Å²) in [5, 5.41) is 35.8. The van der Waals surface area contributed by atoms with Crippen molar-refractivity contribution < 1.29 is 63.4 Å². The lowest BCUT2D eigenvalue weighted by Gasteiger charge is -2.31. The van der Waals surface area contributed by atoms with Crippen LogP contribution in [0.15, 0.2) is 73.5 Å². The van der Waals surface area contributed by atoms with Crippen molar-refractivity contribution in [1.82, 2.24) is 0 Å². The van der Waals surface area contributed by atoms with Gasteiger partial charge in [0.05, 0.1) is 41.5 Å². The van der Waals surface area contributed by atoms with Gasteiger partial charge in [0.1, 0.15) is 29.9 Å². The molecule has 3 rings (SSSR count). The van der Waals surface area contributed by atoms with E-state index in [-0.39, 0.29) is 49.1 Å². The molecule has 0 amide bonds. The van der Waals surface area contributed by atoms with Gasteiger partial charge in [-0.15, -0.1) is 0 Å². The summed E-state index contributed by atoms with van der Waals surface area (Å²) in [5.74, 6) is -3.48. The third-order valence-corrected chi connectivity index (χ3v) is 11.3. The molecule has 3 aliphatic rings. The van der Waals surface area contributed by atoms with Crippen molar-refractivity contribution >= 4 is 35.4 Å². The Balaban J connectivity index is 0.000000459. The van der Waals surface area contributed by atoms with Gasteiger partial charge in [-0.3, -0.25) is 28.8 Å². The normalized spacial score (nSPS) is 28.5. The van der Waals surface area contributed by atoms with E-state index >= 15 is 0 Å². The number of aliphatic carboxylic acids is 4. The van der Waals surface area contributed by atoms with E-state index in [0.717, 1.165) is 32.1 Å². The minimum absolute atomic E-state index is 0.0310. The van der Waals surface area contributed by atoms with Crippen molar-refractivity contribution in [2.75, 3.05) is 0 Å². The number of carboxylic acids is 4. The fourth-order valence-electron chi connectivity index (χ4n) is 7.29. The highest BCUT2D eigenvalue weighted by Gasteiger charge is 2.37. The highest BCUT2D eigenvalue weighted by Crippen LogP contribution is 2.37. The first-order valence-corrected chi connectivity index (χ1v) is 20.8. The van der Waals surface area contributed by atoms with Crippen LogP contribution < -0.4 is 0 Å². The predicted octanol–water partition coefficient (Wildman–Crippen LogP) is 9.78. The molecule has 0 aromatic heterocycles. The van der Waals surface area contributed by atoms with Crippen LogP contribution in [-0.4, -0.2) is 74.2 Å². The second-order valence-corrected chi connectivity index (χ2v) is 17.2. The number of allylic oxidation sites excluding steroid dienone is 6. The molecule has 0 spiro atoms. The smallest absolute Gasteiger partial charge is 0.309 e. The highest BCUT2D eigenvalue weighted by atomic mass is 16.5. The van der Waals surface area contributed by atoms with Crippen LogP contribution in [0, 0.1) is 22.2 Å². The first kappa shape index (κ1) is 53.1. The summed E-state index contributed by atoms with van der Waals surface area (Å²) in [7, 11) is 0. The fraction of sp³-hybridized carbons (Fsp3) is 0.617. The van der Waals surface area contributed by atoms with E-state index < -0.39 is 52.5 Å². The van der Waals surface area contributed by atoms with E-state index in [2.05, 4.69) is 19.7 Å². The minimum Gasteiger partial charge on any atom is -0.492 e. The first-order valence-electron chi connectivity index (χ1n) is 20.8. The lowest BCUT2D eigenvalue weighted by Crippen LogP contribution is -2.33. The zero-order chi connectivity index (χ0) is 45.7. The Kier molecular flexibility index (Phi) is 22.7. The molecule has 0 aromatic rings. The number of carbonyl (C=O) groups excluding carboxylic acids is 2. The summed E-state index contributed by atoms with van der Waals surface area (Å²) >= 11 is 0. The number of carbonyl (C=O) groups is 6. The van der Waals surface area contributed by atoms with E-state index in [9.17, 15) is 33.9 Å². The Morgan fingerprint density at radius 2 is 0.917 bits per heavy atom. The monoisotopic (exact) mass is 842 g/mol. The van der Waals surface area contributed by atoms with Crippen LogP contribution in [-0.2, 0) is 43.0 Å². The van der Waals surface area contributed by atoms with Gasteiger partial charge >= 0.3 is 23.9 Å². The standard InChI is InChI=1S/C18H26O6.C16H24O4.C13H20O3/c1-12(2)24-14-6-4-5-8-18(3,9-7-14)15(19)10-13(17(22)23)11-16(20)21;1-12(2)20-13-6-4-5-10-16(3,11-9-13)14(17)7-8-15(18)19;1-10(2)16-11-6-4-5-8-13(3,9-7-11)12(14)15/h4,6,13-14H,1,5,7-11H2,2-3H3,(H,20,21)(H,22,23);4,6,13H,1,5,7-11H2,2-3H3,(H,18,19);4,6,11H,1,5,7-9H2,2-3H3,(H,14,15)/b3*6-4+/t13?,14-,18+;13-,16+;11-,13+/m111/s1. The number of ketones is 2. The summed E-state index contributed by atoms with van der Waals surface area (Å²) in [6.45, 7) is 22.1. The van der Waals surface area contributed by atoms with Gasteiger partial charge in [0, 0.05) is 23.7 Å². The molecule has 13 nitrogen and oxygen atoms in total. The molecule has 7 atom stereocenters. The molecule has 0 saturated heterocycles. The molecule has 0 heterocycles. The van der Waals surface area contributed by atoms with Crippen molar-refractivity contribution in [3.63, 3.8) is 0 Å². The van der Waals surface area contributed by atoms with E-state index in [0.29, 0.717) is 62.2 Å². The Labute approximate surface area is 356 Å². The number of rotatable bonds is 17. The van der Waals surface area contributed by atoms with Gasteiger partial charge in [0.15, 0.2) is 0 Å². The van der Waals surface area contributed by atoms with Crippen LogP contribution in [0.2, 0.25) is 0 Å². The molecule has 13 heteroatoms. The molecule has 0 bridgehead atoms. The molecule has 60 heavy (non-hydrogen) atoms. The second kappa shape index (κ2) is 25.6. The lowest BCUT2D eigenvalue weighted by molar-refractivity contribution is -0.150. The van der Waals surface area contributed by atoms with Gasteiger partial charge in [0.25, 0.3) is 0 Å². The Morgan fingerprint density at radius 1 is 0.550 bits per heavy atom. The molecule has 1 unspecified atom stereocenters. The molecule has 0 aliphatic heterocycles. The molecule has 0 radical (unpaired) electrons. The van der Waals surface area contributed by atoms with E-state index in [4.69, 9.17) is 29.5 Å². The van der Waals surface area contributed by atoms with Crippen LogP contribution in [0.1, 0.15) is 144 Å². The topological polar surface area (TPSA) is 211 Å². The van der Waals surface area contributed by atoms with Crippen molar-refractivity contribution in [3.8, 4) is 0 Å². The SMILES string of the molecule is C=C(C)O[C@@H]1/C=C/CC[C@](C)(C(=O)CC(CC(=O)O)C(=O)O)CC1.C=C(C)O[C@@H]1/C=C/CC[C@](C)(C(=O)CCC(=O)O)CC1.C=C(C)O[C@@H]1/C=C/CC[C@](C)(C(=O)O)CC1. The van der Waals surface area contributed by atoms with Crippen molar-refractivity contribution in [2.24, 2.45) is 22.2 Å². The van der Waals surface area contributed by atoms with Crippen LogP contribution in [0.5, 0.6) is 0 Å². The van der Waals surface area contributed by atoms with Gasteiger partial charge in [-0.2, -0.15) is 0 Å². The Morgan fingerprint density at radius 3 is 1.25 bits per heavy atom. The third-order valence-electron chi connectivity index (χ3n) is 11.3. The maximum Gasteiger partial charge on any atom is 0.309 e. The quantitative estimate of drug-likeness (QED) is 0.0794. The van der Waals surface area contributed by atoms with E-state index in [1.54, 1.807) is 6.92 Å². The Hall–Kier alpha value is -4.94. The summed E-state index contributed by atoms with van der Waals surface area (Å²) in [6, 6.07) is 0. The summed E-state index contributed by atoms with van der Waals surface area (Å²) < 4.78 is 16.7. The highest BCUT2D eigenvalue weighted by molar-refractivity contribution is 5.89. The van der Waals surface area contributed by atoms with Crippen LogP contribution in [0.4, 0.5) is 0 Å². The molecule has 336 valence electrons. The average molecular weight is 843 g/mol. The summed E-state index contributed by atoms with van der Waals surface area (Å²) in [6.07, 6.45) is 19.4. The maximum absolute atomic E-state index is 12.7. The molecule has 3 aliphatic carbocycles. The molecular formula is C47H70O13. The predicted molar refractivity (Wildman–Crippen MR) is 229 cm³/mol. The molecular weight excluding hydrogens is 773 g/mol. The number of hydrogen-bond acceptors (Lipinski definition) is 9. The minimum atomic E-state index is -1.25. The molecule has 0 fully saturated rings. The Bertz CT molecular complexity index is 1620. The summed E-state index contributed by atoms with van der Waals surface area (Å²) in [5.41, 5.74) is -1.74. The van der Waals surface area contributed by atoms with Gasteiger partial charge in [-0.05, 0) is 123 Å².